The van der Waals surface area contributed by atoms with Gasteiger partial charge in [-0.3, -0.25) is 9.71 Å². The van der Waals surface area contributed by atoms with Gasteiger partial charge >= 0.3 is 0 Å². The van der Waals surface area contributed by atoms with E-state index in [0.717, 1.165) is 5.56 Å². The number of hydrogen-bond donors (Lipinski definition) is 2. The molecular weight excluding hydrogens is 262 g/mol. The van der Waals surface area contributed by atoms with E-state index in [1.807, 2.05) is 0 Å². The van der Waals surface area contributed by atoms with Crippen molar-refractivity contribution in [1.29, 1.82) is 0 Å². The average Bonchev–Trinajstić information content (AvgIpc) is 2.35. The molecule has 0 aliphatic heterocycles. The maximum absolute atomic E-state index is 12.3. The maximum Gasteiger partial charge on any atom is 0.262 e. The molecule has 5 nitrogen and oxygen atoms in total. The van der Waals surface area contributed by atoms with Crippen LogP contribution < -0.4 is 10.5 Å². The molecule has 0 spiro atoms. The van der Waals surface area contributed by atoms with E-state index in [1.165, 1.54) is 12.3 Å². The second kappa shape index (κ2) is 4.89. The molecule has 0 amide bonds. The summed E-state index contributed by atoms with van der Waals surface area (Å²) in [5.74, 6) is 0. The van der Waals surface area contributed by atoms with Crippen molar-refractivity contribution in [3.05, 3.63) is 47.8 Å². The highest BCUT2D eigenvalue weighted by atomic mass is 32.2. The largest absolute Gasteiger partial charge is 0.399 e. The zero-order valence-electron chi connectivity index (χ0n) is 10.7. The lowest BCUT2D eigenvalue weighted by atomic mass is 10.2. The first-order chi connectivity index (χ1) is 8.90. The minimum absolute atomic E-state index is 0.184. The topological polar surface area (TPSA) is 85.1 Å². The van der Waals surface area contributed by atoms with Crippen LogP contribution in [-0.2, 0) is 10.0 Å². The Labute approximate surface area is 112 Å². The lowest BCUT2D eigenvalue weighted by molar-refractivity contribution is 0.600. The lowest BCUT2D eigenvalue weighted by Crippen LogP contribution is -2.15. The summed E-state index contributed by atoms with van der Waals surface area (Å²) in [6.07, 6.45) is 3.14. The van der Waals surface area contributed by atoms with Gasteiger partial charge in [-0.1, -0.05) is 6.07 Å². The molecule has 1 aromatic heterocycles. The van der Waals surface area contributed by atoms with Gasteiger partial charge in [0.1, 0.15) is 0 Å². The second-order valence-electron chi connectivity index (χ2n) is 4.32. The molecular formula is C13H15N3O2S. The van der Waals surface area contributed by atoms with Crippen LogP contribution in [-0.4, -0.2) is 13.4 Å². The van der Waals surface area contributed by atoms with Gasteiger partial charge in [0.05, 0.1) is 10.6 Å². The van der Waals surface area contributed by atoms with Crippen LogP contribution in [0, 0.1) is 13.8 Å². The first-order valence-corrected chi connectivity index (χ1v) is 7.18. The molecule has 0 aliphatic carbocycles. The van der Waals surface area contributed by atoms with E-state index >= 15 is 0 Å². The summed E-state index contributed by atoms with van der Waals surface area (Å²) >= 11 is 0. The standard InChI is InChI=1S/C13H15N3O2S/c1-9-3-4-11(14)7-13(9)19(17,18)16-12-5-6-15-8-10(12)2/h3-8H,14H2,1-2H3,(H,15,16). The number of rotatable bonds is 3. The van der Waals surface area contributed by atoms with Crippen molar-refractivity contribution in [3.63, 3.8) is 0 Å². The third kappa shape index (κ3) is 2.85. The van der Waals surface area contributed by atoms with E-state index in [-0.39, 0.29) is 4.90 Å². The van der Waals surface area contributed by atoms with E-state index < -0.39 is 10.0 Å². The van der Waals surface area contributed by atoms with Crippen LogP contribution >= 0.6 is 0 Å². The number of benzene rings is 1. The Morgan fingerprint density at radius 2 is 1.89 bits per heavy atom. The molecule has 0 fully saturated rings. The molecule has 0 saturated heterocycles. The van der Waals surface area contributed by atoms with Gasteiger partial charge in [0.25, 0.3) is 10.0 Å². The smallest absolute Gasteiger partial charge is 0.262 e. The Hall–Kier alpha value is -2.08. The van der Waals surface area contributed by atoms with E-state index in [0.29, 0.717) is 16.9 Å². The van der Waals surface area contributed by atoms with Gasteiger partial charge in [-0.15, -0.1) is 0 Å². The predicted molar refractivity (Wildman–Crippen MR) is 75.4 cm³/mol. The number of aryl methyl sites for hydroxylation is 2. The third-order valence-corrected chi connectivity index (χ3v) is 4.27. The molecule has 2 rings (SSSR count). The van der Waals surface area contributed by atoms with Crippen molar-refractivity contribution >= 4 is 21.4 Å². The number of nitrogens with two attached hydrogens (primary N) is 1. The highest BCUT2D eigenvalue weighted by molar-refractivity contribution is 7.92. The molecule has 0 atom stereocenters. The molecule has 6 heteroatoms. The summed E-state index contributed by atoms with van der Waals surface area (Å²) in [5.41, 5.74) is 7.97. The summed E-state index contributed by atoms with van der Waals surface area (Å²) in [7, 11) is -3.65. The number of anilines is 2. The molecule has 0 unspecified atom stereocenters. The van der Waals surface area contributed by atoms with Crippen LogP contribution in [0.2, 0.25) is 0 Å². The van der Waals surface area contributed by atoms with Gasteiger partial charge < -0.3 is 5.73 Å². The highest BCUT2D eigenvalue weighted by Gasteiger charge is 2.18. The highest BCUT2D eigenvalue weighted by Crippen LogP contribution is 2.22. The number of pyridine rings is 1. The molecule has 19 heavy (non-hydrogen) atoms. The molecule has 0 saturated carbocycles. The summed E-state index contributed by atoms with van der Waals surface area (Å²) in [4.78, 5) is 4.11. The fraction of sp³-hybridized carbons (Fsp3) is 0.154. The Kier molecular flexibility index (Phi) is 3.44. The monoisotopic (exact) mass is 277 g/mol. The second-order valence-corrected chi connectivity index (χ2v) is 5.97. The fourth-order valence-corrected chi connectivity index (χ4v) is 3.11. The van der Waals surface area contributed by atoms with Crippen molar-refractivity contribution in [2.24, 2.45) is 0 Å². The lowest BCUT2D eigenvalue weighted by Gasteiger charge is -2.12. The Morgan fingerprint density at radius 1 is 1.16 bits per heavy atom. The molecule has 0 radical (unpaired) electrons. The van der Waals surface area contributed by atoms with Gasteiger partial charge in [-0.05, 0) is 43.2 Å². The van der Waals surface area contributed by atoms with E-state index in [9.17, 15) is 8.42 Å². The van der Waals surface area contributed by atoms with Crippen molar-refractivity contribution in [3.8, 4) is 0 Å². The quantitative estimate of drug-likeness (QED) is 0.841. The normalized spacial score (nSPS) is 11.3. The van der Waals surface area contributed by atoms with Gasteiger partial charge in [0.2, 0.25) is 0 Å². The zero-order chi connectivity index (χ0) is 14.0. The van der Waals surface area contributed by atoms with Gasteiger partial charge in [-0.25, -0.2) is 8.42 Å². The average molecular weight is 277 g/mol. The number of nitrogens with one attached hydrogen (secondary N) is 1. The van der Waals surface area contributed by atoms with Crippen LogP contribution in [0.3, 0.4) is 0 Å². The Bertz CT molecular complexity index is 712. The van der Waals surface area contributed by atoms with E-state index in [4.69, 9.17) is 5.73 Å². The van der Waals surface area contributed by atoms with Crippen molar-refractivity contribution in [2.45, 2.75) is 18.7 Å². The molecule has 0 bridgehead atoms. The van der Waals surface area contributed by atoms with Crippen LogP contribution in [0.5, 0.6) is 0 Å². The number of aromatic nitrogens is 1. The van der Waals surface area contributed by atoms with Crippen molar-refractivity contribution in [1.82, 2.24) is 4.98 Å². The molecule has 1 heterocycles. The number of sulfonamides is 1. The number of nitrogens with zero attached hydrogens (tertiary/aromatic N) is 1. The van der Waals surface area contributed by atoms with Crippen molar-refractivity contribution < 1.29 is 8.42 Å². The summed E-state index contributed by atoms with van der Waals surface area (Å²) < 4.78 is 27.2. The number of nitrogen functional groups attached to an aromatic ring is 1. The maximum atomic E-state index is 12.3. The van der Waals surface area contributed by atoms with Crippen molar-refractivity contribution in [2.75, 3.05) is 10.5 Å². The first-order valence-electron chi connectivity index (χ1n) is 5.70. The summed E-state index contributed by atoms with van der Waals surface area (Å²) in [6, 6.07) is 6.43. The van der Waals surface area contributed by atoms with Crippen LogP contribution in [0.4, 0.5) is 11.4 Å². The van der Waals surface area contributed by atoms with E-state index in [2.05, 4.69) is 9.71 Å². The van der Waals surface area contributed by atoms with Crippen LogP contribution in [0.15, 0.2) is 41.6 Å². The summed E-state index contributed by atoms with van der Waals surface area (Å²) in [5, 5.41) is 0. The molecule has 1 aromatic carbocycles. The molecule has 0 aliphatic rings. The minimum Gasteiger partial charge on any atom is -0.399 e. The Balaban J connectivity index is 2.44. The zero-order valence-corrected chi connectivity index (χ0v) is 11.5. The van der Waals surface area contributed by atoms with Gasteiger partial charge in [-0.2, -0.15) is 0 Å². The number of hydrogen-bond acceptors (Lipinski definition) is 4. The minimum atomic E-state index is -3.65. The van der Waals surface area contributed by atoms with Crippen LogP contribution in [0.1, 0.15) is 11.1 Å². The molecule has 100 valence electrons. The van der Waals surface area contributed by atoms with Gasteiger partial charge in [0, 0.05) is 18.1 Å². The van der Waals surface area contributed by atoms with E-state index in [1.54, 1.807) is 38.2 Å². The predicted octanol–water partition coefficient (Wildman–Crippen LogP) is 2.08. The first kappa shape index (κ1) is 13.4. The van der Waals surface area contributed by atoms with Gasteiger partial charge in [0.15, 0.2) is 0 Å². The molecule has 3 N–H and O–H groups in total. The summed E-state index contributed by atoms with van der Waals surface area (Å²) in [6.45, 7) is 3.52. The Morgan fingerprint density at radius 3 is 2.58 bits per heavy atom. The fourth-order valence-electron chi connectivity index (χ4n) is 1.69. The van der Waals surface area contributed by atoms with Crippen LogP contribution in [0.25, 0.3) is 0 Å². The molecule has 2 aromatic rings. The SMILES string of the molecule is Cc1cnccc1NS(=O)(=O)c1cc(N)ccc1C. The third-order valence-electron chi connectivity index (χ3n) is 2.77.